The number of unbranched alkanes of at least 4 members (excludes halogenated alkanes) is 1. The topological polar surface area (TPSA) is 32.3 Å². The molecule has 2 nitrogen and oxygen atoms in total. The minimum Gasteiger partial charge on any atom is -0.508 e. The van der Waals surface area contributed by atoms with Crippen molar-refractivity contribution in [3.8, 4) is 5.75 Å². The molecule has 0 heterocycles. The van der Waals surface area contributed by atoms with E-state index in [1.807, 2.05) is 12.1 Å². The molecule has 2 heteroatoms. The van der Waals surface area contributed by atoms with Gasteiger partial charge in [-0.25, -0.2) is 0 Å². The van der Waals surface area contributed by atoms with Crippen molar-refractivity contribution in [1.29, 1.82) is 0 Å². The fourth-order valence-electron chi connectivity index (χ4n) is 3.37. The fraction of sp³-hybridized carbons (Fsp3) is 0.667. The van der Waals surface area contributed by atoms with Crippen LogP contribution in [0.2, 0.25) is 0 Å². The number of phenols is 1. The molecule has 0 amide bonds. The quantitative estimate of drug-likeness (QED) is 0.754. The zero-order valence-electron chi connectivity index (χ0n) is 13.0. The molecule has 0 saturated heterocycles. The Morgan fingerprint density at radius 2 is 2.10 bits per heavy atom. The van der Waals surface area contributed by atoms with Gasteiger partial charge >= 0.3 is 0 Å². The predicted octanol–water partition coefficient (Wildman–Crippen LogP) is 4.72. The van der Waals surface area contributed by atoms with E-state index in [1.54, 1.807) is 0 Å². The number of hydrogen-bond acceptors (Lipinski definition) is 2. The van der Waals surface area contributed by atoms with Gasteiger partial charge in [-0.1, -0.05) is 39.2 Å². The molecule has 0 aromatic heterocycles. The number of phenolic OH excluding ortho intramolecular Hbond substituents is 1. The standard InChI is InChI=1S/C18H29NO/c1-3-5-9-15(7-4-2)19-18-10-6-8-14-13-16(20)11-12-17(14)18/h11-13,15,18-20H,3-10H2,1-2H3. The van der Waals surface area contributed by atoms with E-state index in [0.29, 0.717) is 17.8 Å². The highest BCUT2D eigenvalue weighted by Crippen LogP contribution is 2.32. The Morgan fingerprint density at radius 1 is 1.25 bits per heavy atom. The number of aryl methyl sites for hydroxylation is 1. The van der Waals surface area contributed by atoms with Crippen molar-refractivity contribution >= 4 is 0 Å². The third kappa shape index (κ3) is 3.99. The first kappa shape index (κ1) is 15.4. The van der Waals surface area contributed by atoms with Crippen molar-refractivity contribution in [2.75, 3.05) is 0 Å². The molecule has 1 aromatic carbocycles. The average molecular weight is 275 g/mol. The Bertz CT molecular complexity index is 416. The van der Waals surface area contributed by atoms with Gasteiger partial charge in [0.2, 0.25) is 0 Å². The number of hydrogen-bond donors (Lipinski definition) is 2. The van der Waals surface area contributed by atoms with Gasteiger partial charge in [0.15, 0.2) is 0 Å². The number of fused-ring (bicyclic) bond motifs is 1. The normalized spacial score (nSPS) is 19.6. The molecule has 0 spiro atoms. The van der Waals surface area contributed by atoms with Gasteiger partial charge in [-0.3, -0.25) is 0 Å². The largest absolute Gasteiger partial charge is 0.508 e. The minimum atomic E-state index is 0.403. The van der Waals surface area contributed by atoms with Gasteiger partial charge in [-0.2, -0.15) is 0 Å². The van der Waals surface area contributed by atoms with Gasteiger partial charge in [0.1, 0.15) is 5.75 Å². The summed E-state index contributed by atoms with van der Waals surface area (Å²) in [6.45, 7) is 4.54. The molecule has 2 unspecified atom stereocenters. The summed E-state index contributed by atoms with van der Waals surface area (Å²) >= 11 is 0. The van der Waals surface area contributed by atoms with Gasteiger partial charge in [-0.05, 0) is 55.4 Å². The van der Waals surface area contributed by atoms with Crippen LogP contribution in [0, 0.1) is 0 Å². The van der Waals surface area contributed by atoms with Crippen molar-refractivity contribution in [3.05, 3.63) is 29.3 Å². The van der Waals surface area contributed by atoms with Crippen LogP contribution in [0.4, 0.5) is 0 Å². The molecule has 0 saturated carbocycles. The lowest BCUT2D eigenvalue weighted by molar-refractivity contribution is 0.355. The second-order valence-electron chi connectivity index (χ2n) is 6.12. The Balaban J connectivity index is 2.05. The first-order valence-corrected chi connectivity index (χ1v) is 8.32. The first-order chi connectivity index (χ1) is 9.74. The third-order valence-corrected chi connectivity index (χ3v) is 4.42. The van der Waals surface area contributed by atoms with Crippen molar-refractivity contribution in [3.63, 3.8) is 0 Å². The highest BCUT2D eigenvalue weighted by molar-refractivity contribution is 5.38. The number of rotatable bonds is 7. The third-order valence-electron chi connectivity index (χ3n) is 4.42. The van der Waals surface area contributed by atoms with E-state index in [1.165, 1.54) is 56.1 Å². The summed E-state index contributed by atoms with van der Waals surface area (Å²) in [6.07, 6.45) is 9.94. The van der Waals surface area contributed by atoms with Crippen LogP contribution >= 0.6 is 0 Å². The highest BCUT2D eigenvalue weighted by atomic mass is 16.3. The zero-order chi connectivity index (χ0) is 14.4. The molecule has 0 fully saturated rings. The summed E-state index contributed by atoms with van der Waals surface area (Å²) in [6, 6.07) is 7.02. The Labute approximate surface area is 123 Å². The smallest absolute Gasteiger partial charge is 0.115 e. The highest BCUT2D eigenvalue weighted by Gasteiger charge is 2.22. The van der Waals surface area contributed by atoms with Crippen molar-refractivity contribution in [1.82, 2.24) is 5.32 Å². The SMILES string of the molecule is CCCCC(CCC)NC1CCCc2cc(O)ccc21. The molecule has 0 bridgehead atoms. The molecule has 2 N–H and O–H groups in total. The van der Waals surface area contributed by atoms with Crippen LogP contribution in [0.25, 0.3) is 0 Å². The summed E-state index contributed by atoms with van der Waals surface area (Å²) < 4.78 is 0. The van der Waals surface area contributed by atoms with E-state index in [9.17, 15) is 5.11 Å². The first-order valence-electron chi connectivity index (χ1n) is 8.32. The van der Waals surface area contributed by atoms with Crippen LogP contribution in [0.1, 0.15) is 76.0 Å². The second-order valence-corrected chi connectivity index (χ2v) is 6.12. The van der Waals surface area contributed by atoms with Crippen LogP contribution in [-0.4, -0.2) is 11.1 Å². The molecule has 1 aromatic rings. The van der Waals surface area contributed by atoms with E-state index in [-0.39, 0.29) is 0 Å². The lowest BCUT2D eigenvalue weighted by Crippen LogP contribution is -2.34. The molecule has 1 aliphatic rings. The van der Waals surface area contributed by atoms with Gasteiger partial charge in [0.25, 0.3) is 0 Å². The van der Waals surface area contributed by atoms with Gasteiger partial charge in [0.05, 0.1) is 0 Å². The molecule has 112 valence electrons. The molecule has 20 heavy (non-hydrogen) atoms. The summed E-state index contributed by atoms with van der Waals surface area (Å²) in [5, 5.41) is 13.5. The van der Waals surface area contributed by atoms with Crippen LogP contribution in [-0.2, 0) is 6.42 Å². The monoisotopic (exact) mass is 275 g/mol. The Hall–Kier alpha value is -1.02. The van der Waals surface area contributed by atoms with Crippen LogP contribution in [0.15, 0.2) is 18.2 Å². The van der Waals surface area contributed by atoms with E-state index in [2.05, 4.69) is 25.2 Å². The van der Waals surface area contributed by atoms with E-state index in [0.717, 1.165) is 6.42 Å². The van der Waals surface area contributed by atoms with E-state index < -0.39 is 0 Å². The number of aromatic hydroxyl groups is 1. The average Bonchev–Trinajstić information content (AvgIpc) is 2.45. The maximum atomic E-state index is 9.64. The van der Waals surface area contributed by atoms with Crippen LogP contribution in [0.3, 0.4) is 0 Å². The van der Waals surface area contributed by atoms with Gasteiger partial charge < -0.3 is 10.4 Å². The lowest BCUT2D eigenvalue weighted by Gasteiger charge is -2.31. The second kappa shape index (κ2) is 7.68. The maximum Gasteiger partial charge on any atom is 0.115 e. The number of benzene rings is 1. The summed E-state index contributed by atoms with van der Waals surface area (Å²) in [7, 11) is 0. The Kier molecular flexibility index (Phi) is 5.90. The van der Waals surface area contributed by atoms with E-state index >= 15 is 0 Å². The van der Waals surface area contributed by atoms with E-state index in [4.69, 9.17) is 0 Å². The maximum absolute atomic E-state index is 9.64. The van der Waals surface area contributed by atoms with Gasteiger partial charge in [0, 0.05) is 12.1 Å². The molecule has 2 rings (SSSR count). The zero-order valence-corrected chi connectivity index (χ0v) is 13.0. The van der Waals surface area contributed by atoms with Crippen molar-refractivity contribution in [2.24, 2.45) is 0 Å². The number of nitrogens with one attached hydrogen (secondary N) is 1. The molecule has 0 aliphatic heterocycles. The van der Waals surface area contributed by atoms with Gasteiger partial charge in [-0.15, -0.1) is 0 Å². The molecule has 2 atom stereocenters. The van der Waals surface area contributed by atoms with Crippen LogP contribution in [0.5, 0.6) is 5.75 Å². The minimum absolute atomic E-state index is 0.403. The molecule has 0 radical (unpaired) electrons. The van der Waals surface area contributed by atoms with Crippen molar-refractivity contribution < 1.29 is 5.11 Å². The predicted molar refractivity (Wildman–Crippen MR) is 85.1 cm³/mol. The molecular formula is C18H29NO. The summed E-state index contributed by atoms with van der Waals surface area (Å²) in [5.74, 6) is 0.403. The lowest BCUT2D eigenvalue weighted by atomic mass is 9.86. The summed E-state index contributed by atoms with van der Waals surface area (Å²) in [4.78, 5) is 0. The van der Waals surface area contributed by atoms with Crippen LogP contribution < -0.4 is 5.32 Å². The summed E-state index contributed by atoms with van der Waals surface area (Å²) in [5.41, 5.74) is 2.74. The fourth-order valence-corrected chi connectivity index (χ4v) is 3.37. The molecular weight excluding hydrogens is 246 g/mol. The molecule has 1 aliphatic carbocycles. The Morgan fingerprint density at radius 3 is 2.85 bits per heavy atom. The van der Waals surface area contributed by atoms with Crippen molar-refractivity contribution in [2.45, 2.75) is 77.3 Å².